The molecule has 12 heteroatoms. The summed E-state index contributed by atoms with van der Waals surface area (Å²) in [4.78, 5) is 25.8. The Morgan fingerprint density at radius 2 is 0.708 bits per heavy atom. The van der Waals surface area contributed by atoms with Crippen molar-refractivity contribution in [3.8, 4) is 0 Å². The molecule has 5 aromatic carbocycles. The third kappa shape index (κ3) is 8.46. The maximum Gasteiger partial charge on any atom is 0.261 e. The van der Waals surface area contributed by atoms with Gasteiger partial charge in [-0.25, -0.2) is 16.8 Å². The highest BCUT2D eigenvalue weighted by atomic mass is 32.2. The van der Waals surface area contributed by atoms with Crippen molar-refractivity contribution >= 4 is 54.6 Å². The van der Waals surface area contributed by atoms with Gasteiger partial charge in [-0.2, -0.15) is 0 Å². The second-order valence-corrected chi connectivity index (χ2v) is 14.9. The van der Waals surface area contributed by atoms with E-state index in [9.17, 15) is 26.4 Å². The molecule has 0 aliphatic rings. The van der Waals surface area contributed by atoms with Gasteiger partial charge in [0, 0.05) is 33.9 Å². The SMILES string of the molecule is Cc1cc(C)cc(NS(=O)(=O)c2ccc(NC(=O)c3ccc(C(=O)Nc4ccc(S(=O)(=O)Nc5cc(C)cc(C)c5)cc4)cc3)cc2)c1. The second-order valence-electron chi connectivity index (χ2n) is 11.5. The van der Waals surface area contributed by atoms with Crippen LogP contribution in [0.1, 0.15) is 43.0 Å². The van der Waals surface area contributed by atoms with Gasteiger partial charge < -0.3 is 10.6 Å². The first-order valence-corrected chi connectivity index (χ1v) is 17.8. The molecule has 0 fully saturated rings. The van der Waals surface area contributed by atoms with E-state index in [0.29, 0.717) is 22.7 Å². The number of rotatable bonds is 10. The highest BCUT2D eigenvalue weighted by Crippen LogP contribution is 2.23. The van der Waals surface area contributed by atoms with Crippen molar-refractivity contribution in [1.82, 2.24) is 0 Å². The maximum atomic E-state index is 12.9. The molecule has 0 aliphatic carbocycles. The molecule has 4 N–H and O–H groups in total. The number of sulfonamides is 2. The highest BCUT2D eigenvalue weighted by Gasteiger charge is 2.17. The van der Waals surface area contributed by atoms with Gasteiger partial charge in [-0.3, -0.25) is 19.0 Å². The molecule has 0 aromatic heterocycles. The molecule has 0 aliphatic heterocycles. The van der Waals surface area contributed by atoms with Gasteiger partial charge in [0.1, 0.15) is 0 Å². The number of hydrogen-bond donors (Lipinski definition) is 4. The van der Waals surface area contributed by atoms with Crippen molar-refractivity contribution in [2.75, 3.05) is 20.1 Å². The van der Waals surface area contributed by atoms with Crippen LogP contribution < -0.4 is 20.1 Å². The zero-order chi connectivity index (χ0) is 34.6. The van der Waals surface area contributed by atoms with Gasteiger partial charge in [-0.15, -0.1) is 0 Å². The summed E-state index contributed by atoms with van der Waals surface area (Å²) in [7, 11) is -7.67. The number of hydrogen-bond acceptors (Lipinski definition) is 6. The summed E-state index contributed by atoms with van der Waals surface area (Å²) in [5.41, 5.74) is 6.01. The summed E-state index contributed by atoms with van der Waals surface area (Å²) in [5.74, 6) is -0.894. The average Bonchev–Trinajstić information content (AvgIpc) is 3.00. The van der Waals surface area contributed by atoms with Gasteiger partial charge in [0.2, 0.25) is 0 Å². The first-order chi connectivity index (χ1) is 22.7. The van der Waals surface area contributed by atoms with Crippen molar-refractivity contribution in [2.24, 2.45) is 0 Å². The van der Waals surface area contributed by atoms with Crippen LogP contribution in [0.5, 0.6) is 0 Å². The van der Waals surface area contributed by atoms with Crippen LogP contribution in [0, 0.1) is 27.7 Å². The standard InChI is InChI=1S/C36H34N4O6S2/c1-23-17-24(2)20-31(19-23)39-47(43,44)33-13-9-29(10-14-33)37-35(41)27-5-7-28(8-6-27)36(42)38-30-11-15-34(16-12-30)48(45,46)40-32-21-25(3)18-26(4)22-32/h5-22,39-40H,1-4H3,(H,37,41)(H,38,42). The minimum Gasteiger partial charge on any atom is -0.322 e. The lowest BCUT2D eigenvalue weighted by molar-refractivity contribution is 0.101. The molecule has 5 rings (SSSR count). The topological polar surface area (TPSA) is 151 Å². The van der Waals surface area contributed by atoms with Crippen LogP contribution in [0.4, 0.5) is 22.7 Å². The van der Waals surface area contributed by atoms with E-state index in [2.05, 4.69) is 20.1 Å². The van der Waals surface area contributed by atoms with Gasteiger partial charge in [-0.05, 0) is 147 Å². The molecule has 0 unspecified atom stereocenters. The Hall–Kier alpha value is -5.46. The van der Waals surface area contributed by atoms with E-state index in [1.807, 2.05) is 39.8 Å². The predicted molar refractivity (Wildman–Crippen MR) is 189 cm³/mol. The fraction of sp³-hybridized carbons (Fsp3) is 0.111. The van der Waals surface area contributed by atoms with Crippen molar-refractivity contribution in [3.05, 3.63) is 143 Å². The smallest absolute Gasteiger partial charge is 0.261 e. The van der Waals surface area contributed by atoms with Gasteiger partial charge in [0.25, 0.3) is 31.9 Å². The number of amides is 2. The highest BCUT2D eigenvalue weighted by molar-refractivity contribution is 7.93. The zero-order valence-electron chi connectivity index (χ0n) is 26.7. The van der Waals surface area contributed by atoms with Crippen LogP contribution in [0.15, 0.2) is 119 Å². The Morgan fingerprint density at radius 1 is 0.417 bits per heavy atom. The minimum atomic E-state index is -3.83. The van der Waals surface area contributed by atoms with Gasteiger partial charge >= 0.3 is 0 Å². The van der Waals surface area contributed by atoms with E-state index in [-0.39, 0.29) is 20.9 Å². The largest absolute Gasteiger partial charge is 0.322 e. The number of carbonyl (C=O) groups is 2. The molecule has 0 saturated heterocycles. The van der Waals surface area contributed by atoms with Gasteiger partial charge in [0.05, 0.1) is 9.79 Å². The number of anilines is 4. The van der Waals surface area contributed by atoms with Crippen molar-refractivity contribution in [2.45, 2.75) is 37.5 Å². The third-order valence-electron chi connectivity index (χ3n) is 7.20. The molecule has 0 atom stereocenters. The van der Waals surface area contributed by atoms with Gasteiger partial charge in [0.15, 0.2) is 0 Å². The molecule has 5 aromatic rings. The van der Waals surface area contributed by atoms with Crippen LogP contribution in [0.3, 0.4) is 0 Å². The normalized spacial score (nSPS) is 11.4. The van der Waals surface area contributed by atoms with Crippen LogP contribution in [-0.2, 0) is 20.0 Å². The number of carbonyl (C=O) groups excluding carboxylic acids is 2. The molecule has 10 nitrogen and oxygen atoms in total. The molecular weight excluding hydrogens is 649 g/mol. The molecule has 246 valence electrons. The molecule has 0 heterocycles. The van der Waals surface area contributed by atoms with E-state index < -0.39 is 31.9 Å². The minimum absolute atomic E-state index is 0.0419. The zero-order valence-corrected chi connectivity index (χ0v) is 28.3. The van der Waals surface area contributed by atoms with E-state index >= 15 is 0 Å². The summed E-state index contributed by atoms with van der Waals surface area (Å²) in [6, 6.07) is 28.4. The lowest BCUT2D eigenvalue weighted by atomic mass is 10.1. The summed E-state index contributed by atoms with van der Waals surface area (Å²) >= 11 is 0. The number of aryl methyl sites for hydroxylation is 4. The molecule has 0 bridgehead atoms. The lowest BCUT2D eigenvalue weighted by Crippen LogP contribution is -2.15. The van der Waals surface area contributed by atoms with E-state index in [0.717, 1.165) is 22.3 Å². The number of nitrogens with one attached hydrogen (secondary N) is 4. The molecule has 2 amide bonds. The Labute approximate surface area is 280 Å². The quantitative estimate of drug-likeness (QED) is 0.124. The maximum absolute atomic E-state index is 12.9. The predicted octanol–water partition coefficient (Wildman–Crippen LogP) is 7.03. The van der Waals surface area contributed by atoms with Crippen LogP contribution in [-0.4, -0.2) is 28.6 Å². The summed E-state index contributed by atoms with van der Waals surface area (Å²) in [6.45, 7) is 7.54. The first-order valence-electron chi connectivity index (χ1n) is 14.8. The van der Waals surface area contributed by atoms with Gasteiger partial charge in [-0.1, -0.05) is 12.1 Å². The molecule has 0 saturated carbocycles. The molecular formula is C36H34N4O6S2. The fourth-order valence-corrected chi connectivity index (χ4v) is 7.19. The van der Waals surface area contributed by atoms with E-state index in [1.54, 1.807) is 24.3 Å². The number of benzene rings is 5. The molecule has 0 radical (unpaired) electrons. The first kappa shape index (κ1) is 33.9. The van der Waals surface area contributed by atoms with E-state index in [4.69, 9.17) is 0 Å². The van der Waals surface area contributed by atoms with Crippen molar-refractivity contribution < 1.29 is 26.4 Å². The monoisotopic (exact) mass is 682 g/mol. The van der Waals surface area contributed by atoms with Crippen LogP contribution >= 0.6 is 0 Å². The Morgan fingerprint density at radius 3 is 1.00 bits per heavy atom. The Balaban J connectivity index is 1.17. The summed E-state index contributed by atoms with van der Waals surface area (Å²) in [6.07, 6.45) is 0. The van der Waals surface area contributed by atoms with Crippen LogP contribution in [0.25, 0.3) is 0 Å². The lowest BCUT2D eigenvalue weighted by Gasteiger charge is -2.11. The molecule has 0 spiro atoms. The summed E-state index contributed by atoms with van der Waals surface area (Å²) in [5, 5.41) is 5.44. The van der Waals surface area contributed by atoms with Crippen molar-refractivity contribution in [3.63, 3.8) is 0 Å². The van der Waals surface area contributed by atoms with E-state index in [1.165, 1.54) is 72.8 Å². The Bertz CT molecular complexity index is 2020. The van der Waals surface area contributed by atoms with Crippen molar-refractivity contribution in [1.29, 1.82) is 0 Å². The Kier molecular flexibility index (Phi) is 9.69. The third-order valence-corrected chi connectivity index (χ3v) is 10.00. The second kappa shape index (κ2) is 13.7. The fourth-order valence-electron chi connectivity index (χ4n) is 5.11. The summed E-state index contributed by atoms with van der Waals surface area (Å²) < 4.78 is 56.6. The average molecular weight is 683 g/mol. The van der Waals surface area contributed by atoms with Crippen LogP contribution in [0.2, 0.25) is 0 Å². The molecule has 48 heavy (non-hydrogen) atoms.